The van der Waals surface area contributed by atoms with Crippen molar-refractivity contribution in [1.82, 2.24) is 4.72 Å². The lowest BCUT2D eigenvalue weighted by Gasteiger charge is -2.10. The van der Waals surface area contributed by atoms with Crippen LogP contribution >= 0.6 is 15.9 Å². The molecular weight excluding hydrogens is 318 g/mol. The largest absolute Gasteiger partial charge is 0.494 e. The van der Waals surface area contributed by atoms with Gasteiger partial charge in [0.1, 0.15) is 5.75 Å². The van der Waals surface area contributed by atoms with Crippen LogP contribution in [0.5, 0.6) is 5.75 Å². The van der Waals surface area contributed by atoms with Gasteiger partial charge >= 0.3 is 0 Å². The van der Waals surface area contributed by atoms with Crippen molar-refractivity contribution in [2.45, 2.75) is 18.7 Å². The monoisotopic (exact) mass is 333 g/mol. The molecule has 18 heavy (non-hydrogen) atoms. The third-order valence-electron chi connectivity index (χ3n) is 2.21. The molecule has 0 bridgehead atoms. The van der Waals surface area contributed by atoms with Gasteiger partial charge in [0.25, 0.3) is 0 Å². The molecule has 1 aromatic rings. The van der Waals surface area contributed by atoms with Crippen molar-refractivity contribution in [2.24, 2.45) is 0 Å². The van der Waals surface area contributed by atoms with Crippen LogP contribution in [-0.4, -0.2) is 21.6 Å². The lowest BCUT2D eigenvalue weighted by atomic mass is 10.2. The van der Waals surface area contributed by atoms with E-state index in [2.05, 4.69) is 27.2 Å². The highest BCUT2D eigenvalue weighted by Gasteiger charge is 2.15. The van der Waals surface area contributed by atoms with Gasteiger partial charge in [-0.15, -0.1) is 0 Å². The van der Waals surface area contributed by atoms with E-state index in [0.717, 1.165) is 5.56 Å². The van der Waals surface area contributed by atoms with Crippen LogP contribution in [0.3, 0.4) is 0 Å². The van der Waals surface area contributed by atoms with Crippen LogP contribution in [0, 0.1) is 6.92 Å². The molecule has 0 unspecified atom stereocenters. The van der Waals surface area contributed by atoms with Crippen molar-refractivity contribution >= 4 is 26.0 Å². The molecule has 0 spiro atoms. The van der Waals surface area contributed by atoms with E-state index >= 15 is 0 Å². The summed E-state index contributed by atoms with van der Waals surface area (Å²) in [5.41, 5.74) is 0.789. The Labute approximate surface area is 116 Å². The van der Waals surface area contributed by atoms with Crippen LogP contribution in [0.2, 0.25) is 0 Å². The fraction of sp³-hybridized carbons (Fsp3) is 0.333. The molecule has 0 aromatic heterocycles. The number of ether oxygens (including phenoxy) is 1. The average Bonchev–Trinajstić information content (AvgIpc) is 2.29. The standard InChI is InChI=1S/C12H16BrNO3S/c1-4-17-12-6-5-11(7-9(12)2)18(15,16)14-8-10(3)13/h5-7,14H,3-4,8H2,1-2H3. The first-order chi connectivity index (χ1) is 8.36. The number of halogens is 1. The quantitative estimate of drug-likeness (QED) is 0.870. The second kappa shape index (κ2) is 6.36. The third kappa shape index (κ3) is 4.12. The predicted molar refractivity (Wildman–Crippen MR) is 75.6 cm³/mol. The smallest absolute Gasteiger partial charge is 0.240 e. The first-order valence-corrected chi connectivity index (χ1v) is 7.71. The lowest BCUT2D eigenvalue weighted by molar-refractivity contribution is 0.337. The van der Waals surface area contributed by atoms with Gasteiger partial charge in [-0.2, -0.15) is 0 Å². The highest BCUT2D eigenvalue weighted by atomic mass is 79.9. The van der Waals surface area contributed by atoms with Crippen molar-refractivity contribution in [3.63, 3.8) is 0 Å². The van der Waals surface area contributed by atoms with Crippen LogP contribution in [-0.2, 0) is 10.0 Å². The SMILES string of the molecule is C=C(Br)CNS(=O)(=O)c1ccc(OCC)c(C)c1. The van der Waals surface area contributed by atoms with E-state index in [-0.39, 0.29) is 11.4 Å². The van der Waals surface area contributed by atoms with Crippen LogP contribution in [0.1, 0.15) is 12.5 Å². The van der Waals surface area contributed by atoms with Crippen molar-refractivity contribution < 1.29 is 13.2 Å². The Morgan fingerprint density at radius 1 is 1.50 bits per heavy atom. The molecule has 6 heteroatoms. The number of hydrogen-bond acceptors (Lipinski definition) is 3. The highest BCUT2D eigenvalue weighted by Crippen LogP contribution is 2.21. The number of nitrogens with one attached hydrogen (secondary N) is 1. The topological polar surface area (TPSA) is 55.4 Å². The predicted octanol–water partition coefficient (Wildman–Crippen LogP) is 2.58. The summed E-state index contributed by atoms with van der Waals surface area (Å²) >= 11 is 3.10. The normalized spacial score (nSPS) is 11.3. The molecule has 0 saturated carbocycles. The Bertz CT molecular complexity index is 540. The van der Waals surface area contributed by atoms with Crippen molar-refractivity contribution in [3.05, 3.63) is 34.8 Å². The molecule has 1 rings (SSSR count). The average molecular weight is 334 g/mol. The van der Waals surface area contributed by atoms with Crippen LogP contribution in [0.4, 0.5) is 0 Å². The minimum atomic E-state index is -3.51. The molecule has 1 N–H and O–H groups in total. The number of hydrogen-bond donors (Lipinski definition) is 1. The first kappa shape index (κ1) is 15.2. The fourth-order valence-corrected chi connectivity index (χ4v) is 2.80. The Kier molecular flexibility index (Phi) is 5.37. The van der Waals surface area contributed by atoms with Gasteiger partial charge in [0.2, 0.25) is 10.0 Å². The summed E-state index contributed by atoms with van der Waals surface area (Å²) in [5.74, 6) is 0.696. The van der Waals surface area contributed by atoms with Crippen molar-refractivity contribution in [3.8, 4) is 5.75 Å². The summed E-state index contributed by atoms with van der Waals surface area (Å²) in [4.78, 5) is 0.220. The molecule has 0 amide bonds. The number of sulfonamides is 1. The third-order valence-corrected chi connectivity index (χ3v) is 3.89. The van der Waals surface area contributed by atoms with E-state index in [1.807, 2.05) is 13.8 Å². The van der Waals surface area contributed by atoms with E-state index in [0.29, 0.717) is 16.8 Å². The highest BCUT2D eigenvalue weighted by molar-refractivity contribution is 9.11. The van der Waals surface area contributed by atoms with E-state index < -0.39 is 10.0 Å². The van der Waals surface area contributed by atoms with Crippen LogP contribution in [0.25, 0.3) is 0 Å². The van der Waals surface area contributed by atoms with Gasteiger partial charge in [0.15, 0.2) is 0 Å². The van der Waals surface area contributed by atoms with Gasteiger partial charge in [0.05, 0.1) is 11.5 Å². The molecule has 0 aliphatic rings. The van der Waals surface area contributed by atoms with E-state index in [1.165, 1.54) is 6.07 Å². The molecule has 0 aliphatic heterocycles. The van der Waals surface area contributed by atoms with Crippen molar-refractivity contribution in [1.29, 1.82) is 0 Å². The maximum Gasteiger partial charge on any atom is 0.240 e. The minimum absolute atomic E-state index is 0.161. The first-order valence-electron chi connectivity index (χ1n) is 5.43. The molecule has 0 radical (unpaired) electrons. The van der Waals surface area contributed by atoms with Gasteiger partial charge in [-0.3, -0.25) is 0 Å². The zero-order valence-corrected chi connectivity index (χ0v) is 12.8. The number of aryl methyl sites for hydroxylation is 1. The maximum absolute atomic E-state index is 11.9. The summed E-state index contributed by atoms with van der Waals surface area (Å²) in [6.45, 7) is 7.98. The maximum atomic E-state index is 11.9. The van der Waals surface area contributed by atoms with E-state index in [1.54, 1.807) is 12.1 Å². The number of rotatable bonds is 6. The van der Waals surface area contributed by atoms with E-state index in [4.69, 9.17) is 4.74 Å². The molecule has 4 nitrogen and oxygen atoms in total. The fourth-order valence-electron chi connectivity index (χ4n) is 1.36. The Morgan fingerprint density at radius 3 is 2.67 bits per heavy atom. The summed E-state index contributed by atoms with van der Waals surface area (Å²) < 4.78 is 32.3. The summed E-state index contributed by atoms with van der Waals surface area (Å²) in [7, 11) is -3.51. The molecule has 0 saturated heterocycles. The second-order valence-corrected chi connectivity index (χ2v) is 6.59. The molecule has 100 valence electrons. The number of benzene rings is 1. The molecule has 0 fully saturated rings. The Morgan fingerprint density at radius 2 is 2.17 bits per heavy atom. The second-order valence-electron chi connectivity index (χ2n) is 3.70. The minimum Gasteiger partial charge on any atom is -0.494 e. The Balaban J connectivity index is 2.96. The van der Waals surface area contributed by atoms with Crippen molar-refractivity contribution in [2.75, 3.05) is 13.2 Å². The zero-order chi connectivity index (χ0) is 13.8. The molecular formula is C12H16BrNO3S. The molecule has 0 aliphatic carbocycles. The Hall–Kier alpha value is -0.850. The summed E-state index contributed by atoms with van der Waals surface area (Å²) in [6.07, 6.45) is 0. The molecule has 0 heterocycles. The van der Waals surface area contributed by atoms with E-state index in [9.17, 15) is 8.42 Å². The van der Waals surface area contributed by atoms with Crippen LogP contribution in [0.15, 0.2) is 34.2 Å². The summed E-state index contributed by atoms with van der Waals surface area (Å²) in [5, 5.41) is 0. The zero-order valence-electron chi connectivity index (χ0n) is 10.4. The van der Waals surface area contributed by atoms with Gasteiger partial charge in [-0.1, -0.05) is 22.5 Å². The van der Waals surface area contributed by atoms with Gasteiger partial charge in [0, 0.05) is 11.0 Å². The molecule has 1 aromatic carbocycles. The molecule has 0 atom stereocenters. The lowest BCUT2D eigenvalue weighted by Crippen LogP contribution is -2.24. The summed E-state index contributed by atoms with van der Waals surface area (Å²) in [6, 6.07) is 4.78. The van der Waals surface area contributed by atoms with Gasteiger partial charge in [-0.25, -0.2) is 13.1 Å². The van der Waals surface area contributed by atoms with Gasteiger partial charge < -0.3 is 4.74 Å². The van der Waals surface area contributed by atoms with Crippen LogP contribution < -0.4 is 9.46 Å². The van der Waals surface area contributed by atoms with Gasteiger partial charge in [-0.05, 0) is 37.6 Å².